The average Bonchev–Trinajstić information content (AvgIpc) is 4.05. The molecule has 76 heavy (non-hydrogen) atoms. The van der Waals surface area contributed by atoms with Gasteiger partial charge in [-0.25, -0.2) is 0 Å². The number of carbonyl (C=O) groups excluding carboxylic acids is 4. The number of phenols is 2. The van der Waals surface area contributed by atoms with Crippen molar-refractivity contribution in [3.63, 3.8) is 0 Å². The molecule has 2 N–H and O–H groups in total. The molecular formula is C62H60O12S2. The van der Waals surface area contributed by atoms with Crippen molar-refractivity contribution >= 4 is 66.4 Å². The van der Waals surface area contributed by atoms with Gasteiger partial charge in [0.25, 0.3) is 0 Å². The maximum Gasteiger partial charge on any atom is 0.309 e. The Bertz CT molecular complexity index is 3270. The molecular weight excluding hydrogens is 1000 g/mol. The molecule has 2 aromatic heterocycles. The summed E-state index contributed by atoms with van der Waals surface area (Å²) in [5.41, 5.74) is 4.03. The molecule has 0 saturated heterocycles. The number of hydrogen-bond donors (Lipinski definition) is 2. The molecule has 0 aliphatic heterocycles. The highest BCUT2D eigenvalue weighted by Crippen LogP contribution is 2.43. The van der Waals surface area contributed by atoms with E-state index in [0.29, 0.717) is 33.8 Å². The molecule has 0 bridgehead atoms. The third-order valence-corrected chi connectivity index (χ3v) is 16.2. The van der Waals surface area contributed by atoms with Crippen LogP contribution in [0.2, 0.25) is 0 Å². The van der Waals surface area contributed by atoms with Gasteiger partial charge in [-0.15, -0.1) is 22.7 Å². The van der Waals surface area contributed by atoms with E-state index in [4.69, 9.17) is 28.4 Å². The van der Waals surface area contributed by atoms with Crippen LogP contribution in [0.25, 0.3) is 41.1 Å². The Balaban J connectivity index is 0.000000186. The topological polar surface area (TPSA) is 164 Å². The molecule has 2 saturated carbocycles. The summed E-state index contributed by atoms with van der Waals surface area (Å²) in [6.45, 7) is 0.922. The van der Waals surface area contributed by atoms with Crippen molar-refractivity contribution < 1.29 is 57.8 Å². The fourth-order valence-electron chi connectivity index (χ4n) is 9.71. The number of rotatable bonds is 18. The highest BCUT2D eigenvalue weighted by atomic mass is 32.1. The van der Waals surface area contributed by atoms with Crippen molar-refractivity contribution in [1.82, 2.24) is 0 Å². The largest absolute Gasteiger partial charge is 0.508 e. The molecule has 14 heteroatoms. The zero-order chi connectivity index (χ0) is 53.0. The van der Waals surface area contributed by atoms with Crippen LogP contribution in [0.3, 0.4) is 0 Å². The molecule has 2 aliphatic carbocycles. The van der Waals surface area contributed by atoms with Crippen LogP contribution in [0.4, 0.5) is 0 Å². The molecule has 392 valence electrons. The first kappa shape index (κ1) is 53.2. The van der Waals surface area contributed by atoms with Crippen molar-refractivity contribution in [1.29, 1.82) is 0 Å². The number of ketones is 2. The molecule has 0 atom stereocenters. The molecule has 0 radical (unpaired) electrons. The van der Waals surface area contributed by atoms with Gasteiger partial charge in [0, 0.05) is 52.2 Å². The Morgan fingerprint density at radius 1 is 0.447 bits per heavy atom. The van der Waals surface area contributed by atoms with Gasteiger partial charge in [0.15, 0.2) is 11.6 Å². The Morgan fingerprint density at radius 3 is 1.30 bits per heavy atom. The Morgan fingerprint density at radius 2 is 0.842 bits per heavy atom. The van der Waals surface area contributed by atoms with Crippen LogP contribution < -0.4 is 18.9 Å². The Labute approximate surface area is 449 Å². The van der Waals surface area contributed by atoms with Crippen LogP contribution in [0.5, 0.6) is 34.5 Å². The number of carbonyl (C=O) groups is 4. The molecule has 6 aromatic carbocycles. The van der Waals surface area contributed by atoms with Gasteiger partial charge in [-0.05, 0) is 170 Å². The van der Waals surface area contributed by atoms with E-state index in [2.05, 4.69) is 0 Å². The number of methoxy groups -OCH3 is 2. The second kappa shape index (κ2) is 25.2. The zero-order valence-corrected chi connectivity index (χ0v) is 44.2. The van der Waals surface area contributed by atoms with E-state index < -0.39 is 0 Å². The van der Waals surface area contributed by atoms with E-state index in [1.54, 1.807) is 117 Å². The first-order chi connectivity index (χ1) is 37.1. The predicted octanol–water partition coefficient (Wildman–Crippen LogP) is 14.0. The summed E-state index contributed by atoms with van der Waals surface area (Å²) in [5.74, 6) is 2.58. The molecule has 2 aliphatic rings. The first-order valence-electron chi connectivity index (χ1n) is 25.7. The molecule has 12 nitrogen and oxygen atoms in total. The lowest BCUT2D eigenvalue weighted by Gasteiger charge is -2.19. The molecule has 2 fully saturated rings. The van der Waals surface area contributed by atoms with E-state index in [9.17, 15) is 29.4 Å². The third-order valence-electron chi connectivity index (χ3n) is 13.8. The fourth-order valence-corrected chi connectivity index (χ4v) is 12.2. The maximum absolute atomic E-state index is 13.8. The van der Waals surface area contributed by atoms with Crippen LogP contribution in [-0.2, 0) is 19.1 Å². The quantitative estimate of drug-likeness (QED) is 0.0475. The van der Waals surface area contributed by atoms with Crippen molar-refractivity contribution in [2.75, 3.05) is 40.6 Å². The summed E-state index contributed by atoms with van der Waals surface area (Å²) in [4.78, 5) is 53.5. The Hall–Kier alpha value is -7.68. The highest BCUT2D eigenvalue weighted by Gasteiger charge is 2.26. The first-order valence-corrected chi connectivity index (χ1v) is 27.4. The van der Waals surface area contributed by atoms with Gasteiger partial charge in [-0.3, -0.25) is 19.2 Å². The van der Waals surface area contributed by atoms with E-state index in [1.807, 2.05) is 42.5 Å². The number of fused-ring (bicyclic) bond motifs is 2. The molecule has 10 rings (SSSR count). The van der Waals surface area contributed by atoms with Gasteiger partial charge < -0.3 is 38.6 Å². The lowest BCUT2D eigenvalue weighted by atomic mass is 9.89. The van der Waals surface area contributed by atoms with Crippen molar-refractivity contribution in [2.24, 2.45) is 11.8 Å². The summed E-state index contributed by atoms with van der Waals surface area (Å²) in [7, 11) is 3.27. The van der Waals surface area contributed by atoms with Crippen LogP contribution in [-0.4, -0.2) is 74.4 Å². The monoisotopic (exact) mass is 1060 g/mol. The van der Waals surface area contributed by atoms with Crippen molar-refractivity contribution in [3.8, 4) is 55.4 Å². The summed E-state index contributed by atoms with van der Waals surface area (Å²) in [6.07, 6.45) is 10.4. The van der Waals surface area contributed by atoms with Crippen LogP contribution >= 0.6 is 22.7 Å². The van der Waals surface area contributed by atoms with Crippen molar-refractivity contribution in [3.05, 3.63) is 156 Å². The van der Waals surface area contributed by atoms with E-state index in [1.165, 1.54) is 24.2 Å². The fraction of sp³-hybridized carbons (Fsp3) is 0.290. The standard InChI is InChI=1S/C32H32O6S.C30H28O6S/c1-35-24-12-10-22(11-13-24)31-29(27-17-16-26(36-2)20-28(27)39-31)30(33)21-8-14-25(15-9-21)37-18-19-38-32(34)23-6-4-3-5-7-23;31-22-10-6-20(7-11-22)29-27(25-15-12-23(32)18-26(25)37-29)28(33)19-8-13-24(14-9-19)35-16-17-36-30(34)21-4-2-1-3-5-21/h8-17,20,23H,3-7,18-19H2,1-2H3;6-15,18,21,31-32H,1-5,16-17H2. The van der Waals surface area contributed by atoms with Crippen LogP contribution in [0.1, 0.15) is 96.1 Å². The molecule has 8 aromatic rings. The molecule has 0 unspecified atom stereocenters. The SMILES string of the molecule is COc1ccc(-c2sc3cc(OC)ccc3c2C(=O)c2ccc(OCCOC(=O)C3CCCCC3)cc2)cc1.O=C(c1ccc(OCCOC(=O)C2CCCCC2)cc1)c1c(-c2ccc(O)cc2)sc2cc(O)ccc12. The number of esters is 2. The van der Waals surface area contributed by atoms with Gasteiger partial charge in [0.2, 0.25) is 0 Å². The summed E-state index contributed by atoms with van der Waals surface area (Å²) < 4.78 is 34.8. The van der Waals surface area contributed by atoms with Gasteiger partial charge in [-0.1, -0.05) is 38.5 Å². The zero-order valence-electron chi connectivity index (χ0n) is 42.5. The molecule has 2 heterocycles. The molecule has 0 amide bonds. The smallest absolute Gasteiger partial charge is 0.309 e. The van der Waals surface area contributed by atoms with Crippen LogP contribution in [0, 0.1) is 11.8 Å². The summed E-state index contributed by atoms with van der Waals surface area (Å²) in [5, 5.41) is 21.3. The average molecular weight is 1060 g/mol. The number of ether oxygens (including phenoxy) is 6. The lowest BCUT2D eigenvalue weighted by molar-refractivity contribution is -0.151. The Kier molecular flexibility index (Phi) is 17.7. The predicted molar refractivity (Wildman–Crippen MR) is 297 cm³/mol. The lowest BCUT2D eigenvalue weighted by Crippen LogP contribution is -2.22. The minimum atomic E-state index is -0.145. The van der Waals surface area contributed by atoms with Gasteiger partial charge >= 0.3 is 11.9 Å². The molecule has 0 spiro atoms. The minimum Gasteiger partial charge on any atom is -0.508 e. The number of hydrogen-bond acceptors (Lipinski definition) is 14. The van der Waals surface area contributed by atoms with Gasteiger partial charge in [0.1, 0.15) is 60.9 Å². The highest BCUT2D eigenvalue weighted by molar-refractivity contribution is 7.23. The normalized spacial score (nSPS) is 13.8. The number of phenolic OH excluding ortho intramolecular Hbond substituents is 2. The third kappa shape index (κ3) is 12.9. The number of thiophene rings is 2. The number of benzene rings is 6. The summed E-state index contributed by atoms with van der Waals surface area (Å²) in [6, 6.07) is 39.2. The maximum atomic E-state index is 13.8. The van der Waals surface area contributed by atoms with Crippen LogP contribution in [0.15, 0.2) is 133 Å². The van der Waals surface area contributed by atoms with Gasteiger partial charge in [-0.2, -0.15) is 0 Å². The van der Waals surface area contributed by atoms with Crippen molar-refractivity contribution in [2.45, 2.75) is 64.2 Å². The second-order valence-electron chi connectivity index (χ2n) is 18.8. The van der Waals surface area contributed by atoms with Gasteiger partial charge in [0.05, 0.1) is 26.1 Å². The second-order valence-corrected chi connectivity index (χ2v) is 20.9. The van der Waals surface area contributed by atoms with E-state index in [0.717, 1.165) is 104 Å². The summed E-state index contributed by atoms with van der Waals surface area (Å²) >= 11 is 2.98. The minimum absolute atomic E-state index is 0.0164. The number of aromatic hydroxyl groups is 2. The van der Waals surface area contributed by atoms with E-state index in [-0.39, 0.29) is 73.3 Å². The van der Waals surface area contributed by atoms with E-state index >= 15 is 0 Å².